The Kier molecular flexibility index (Phi) is 7.38. The Morgan fingerprint density at radius 2 is 1.95 bits per heavy atom. The fourth-order valence-electron chi connectivity index (χ4n) is 1.35. The normalized spacial score (nSPS) is 14.5. The van der Waals surface area contributed by atoms with Gasteiger partial charge >= 0.3 is 12.0 Å². The monoisotopic (exact) mass is 295 g/mol. The van der Waals surface area contributed by atoms with Gasteiger partial charge in [0.2, 0.25) is 10.0 Å². The zero-order chi connectivity index (χ0) is 15.1. The number of amides is 2. The number of urea groups is 1. The number of aliphatic carboxylic acids is 1. The van der Waals surface area contributed by atoms with Gasteiger partial charge in [-0.1, -0.05) is 20.3 Å². The topological polar surface area (TPSA) is 139 Å². The van der Waals surface area contributed by atoms with Crippen LogP contribution in [0.5, 0.6) is 0 Å². The van der Waals surface area contributed by atoms with E-state index in [1.807, 2.05) is 6.92 Å². The Labute approximate surface area is 112 Å². The lowest BCUT2D eigenvalue weighted by molar-refractivity contribution is -0.140. The van der Waals surface area contributed by atoms with Crippen molar-refractivity contribution in [3.63, 3.8) is 0 Å². The van der Waals surface area contributed by atoms with Gasteiger partial charge in [0.15, 0.2) is 0 Å². The summed E-state index contributed by atoms with van der Waals surface area (Å²) in [4.78, 5) is 22.4. The predicted molar refractivity (Wildman–Crippen MR) is 70.0 cm³/mol. The van der Waals surface area contributed by atoms with Crippen LogP contribution in [0.4, 0.5) is 4.79 Å². The number of carboxylic acid groups (broad SMARTS) is 1. The first-order chi connectivity index (χ1) is 8.67. The Morgan fingerprint density at radius 1 is 1.37 bits per heavy atom. The number of carboxylic acids is 1. The van der Waals surface area contributed by atoms with Crippen LogP contribution in [0.15, 0.2) is 0 Å². The Bertz CT molecular complexity index is 409. The number of hydrogen-bond acceptors (Lipinski definition) is 4. The molecule has 2 amide bonds. The molecule has 5 N–H and O–H groups in total. The van der Waals surface area contributed by atoms with Crippen molar-refractivity contribution in [3.8, 4) is 0 Å². The zero-order valence-corrected chi connectivity index (χ0v) is 11.9. The average molecular weight is 295 g/mol. The molecular weight excluding hydrogens is 274 g/mol. The van der Waals surface area contributed by atoms with Crippen molar-refractivity contribution in [3.05, 3.63) is 0 Å². The summed E-state index contributed by atoms with van der Waals surface area (Å²) in [6.45, 7) is 3.65. The first kappa shape index (κ1) is 17.6. The maximum Gasteiger partial charge on any atom is 0.326 e. The van der Waals surface area contributed by atoms with E-state index in [0.717, 1.165) is 0 Å². The summed E-state index contributed by atoms with van der Waals surface area (Å²) in [5.74, 6) is -1.54. The SMILES string of the molecule is CCC(C)[C@H](NC(=O)NCCCS(N)(=O)=O)C(=O)O. The van der Waals surface area contributed by atoms with E-state index in [1.54, 1.807) is 6.92 Å². The molecule has 0 saturated carbocycles. The molecule has 0 aromatic heterocycles. The lowest BCUT2D eigenvalue weighted by atomic mass is 9.99. The van der Waals surface area contributed by atoms with Gasteiger partial charge in [-0.25, -0.2) is 23.1 Å². The molecule has 0 aliphatic heterocycles. The Morgan fingerprint density at radius 3 is 2.37 bits per heavy atom. The molecule has 0 aromatic rings. The third-order valence-corrected chi connectivity index (χ3v) is 3.51. The summed E-state index contributed by atoms with van der Waals surface area (Å²) >= 11 is 0. The van der Waals surface area contributed by atoms with E-state index < -0.39 is 28.1 Å². The fourth-order valence-corrected chi connectivity index (χ4v) is 1.90. The number of hydrogen-bond donors (Lipinski definition) is 4. The molecular formula is C10H21N3O5S. The Hall–Kier alpha value is -1.35. The molecule has 2 atom stereocenters. The van der Waals surface area contributed by atoms with Crippen LogP contribution in [0, 0.1) is 5.92 Å². The molecule has 0 aromatic carbocycles. The smallest absolute Gasteiger partial charge is 0.326 e. The number of carbonyl (C=O) groups excluding carboxylic acids is 1. The minimum atomic E-state index is -3.54. The summed E-state index contributed by atoms with van der Waals surface area (Å²) in [5.41, 5.74) is 0. The van der Waals surface area contributed by atoms with Crippen molar-refractivity contribution < 1.29 is 23.1 Å². The lowest BCUT2D eigenvalue weighted by Crippen LogP contribution is -2.49. The van der Waals surface area contributed by atoms with Crippen molar-refractivity contribution in [2.45, 2.75) is 32.7 Å². The van der Waals surface area contributed by atoms with Crippen LogP contribution in [0.1, 0.15) is 26.7 Å². The number of sulfonamides is 1. The molecule has 112 valence electrons. The van der Waals surface area contributed by atoms with Crippen molar-refractivity contribution in [1.82, 2.24) is 10.6 Å². The summed E-state index contributed by atoms with van der Waals surface area (Å²) in [6.07, 6.45) is 0.788. The molecule has 0 spiro atoms. The van der Waals surface area contributed by atoms with E-state index in [0.29, 0.717) is 6.42 Å². The first-order valence-electron chi connectivity index (χ1n) is 5.95. The van der Waals surface area contributed by atoms with Gasteiger partial charge in [0, 0.05) is 6.54 Å². The van der Waals surface area contributed by atoms with Crippen LogP contribution in [0.25, 0.3) is 0 Å². The number of primary sulfonamides is 1. The van der Waals surface area contributed by atoms with E-state index >= 15 is 0 Å². The highest BCUT2D eigenvalue weighted by molar-refractivity contribution is 7.89. The maximum atomic E-state index is 11.4. The molecule has 0 fully saturated rings. The summed E-state index contributed by atoms with van der Waals surface area (Å²) < 4.78 is 21.3. The standard InChI is InChI=1S/C10H21N3O5S/c1-3-7(2)8(9(14)15)13-10(16)12-5-4-6-19(11,17)18/h7-8H,3-6H2,1-2H3,(H,14,15)(H2,11,17,18)(H2,12,13,16)/t7?,8-/m0/s1. The van der Waals surface area contributed by atoms with Crippen molar-refractivity contribution >= 4 is 22.0 Å². The number of nitrogens with one attached hydrogen (secondary N) is 2. The minimum absolute atomic E-state index is 0.106. The second-order valence-corrected chi connectivity index (χ2v) is 6.06. The molecule has 0 aliphatic rings. The molecule has 0 rings (SSSR count). The van der Waals surface area contributed by atoms with Crippen molar-refractivity contribution in [1.29, 1.82) is 0 Å². The van der Waals surface area contributed by atoms with Crippen LogP contribution < -0.4 is 15.8 Å². The van der Waals surface area contributed by atoms with E-state index in [4.69, 9.17) is 10.2 Å². The minimum Gasteiger partial charge on any atom is -0.480 e. The first-order valence-corrected chi connectivity index (χ1v) is 7.66. The van der Waals surface area contributed by atoms with Crippen LogP contribution in [0.2, 0.25) is 0 Å². The van der Waals surface area contributed by atoms with Crippen LogP contribution >= 0.6 is 0 Å². The highest BCUT2D eigenvalue weighted by Crippen LogP contribution is 2.07. The van der Waals surface area contributed by atoms with Gasteiger partial charge < -0.3 is 15.7 Å². The predicted octanol–water partition coefficient (Wildman–Crippen LogP) is -0.536. The molecule has 19 heavy (non-hydrogen) atoms. The van der Waals surface area contributed by atoms with Crippen LogP contribution in [-0.2, 0) is 14.8 Å². The number of rotatable bonds is 8. The Balaban J connectivity index is 4.11. The highest BCUT2D eigenvalue weighted by atomic mass is 32.2. The molecule has 8 nitrogen and oxygen atoms in total. The van der Waals surface area contributed by atoms with Gasteiger partial charge in [0.05, 0.1) is 5.75 Å². The number of nitrogens with two attached hydrogens (primary N) is 1. The summed E-state index contributed by atoms with van der Waals surface area (Å²) in [6, 6.07) is -1.61. The molecule has 0 heterocycles. The maximum absolute atomic E-state index is 11.4. The van der Waals surface area contributed by atoms with Crippen molar-refractivity contribution in [2.75, 3.05) is 12.3 Å². The van der Waals surface area contributed by atoms with E-state index in [2.05, 4.69) is 10.6 Å². The quantitative estimate of drug-likeness (QED) is 0.445. The van der Waals surface area contributed by atoms with Gasteiger partial charge in [-0.2, -0.15) is 0 Å². The van der Waals surface area contributed by atoms with E-state index in [9.17, 15) is 18.0 Å². The van der Waals surface area contributed by atoms with Crippen molar-refractivity contribution in [2.24, 2.45) is 11.1 Å². The molecule has 9 heteroatoms. The summed E-state index contributed by atoms with van der Waals surface area (Å²) in [7, 11) is -3.54. The third-order valence-electron chi connectivity index (χ3n) is 2.66. The van der Waals surface area contributed by atoms with Gasteiger partial charge in [0.1, 0.15) is 6.04 Å². The third kappa shape index (κ3) is 8.38. The zero-order valence-electron chi connectivity index (χ0n) is 11.0. The second-order valence-electron chi connectivity index (χ2n) is 4.32. The van der Waals surface area contributed by atoms with E-state index in [-0.39, 0.29) is 24.6 Å². The number of carbonyl (C=O) groups is 2. The largest absolute Gasteiger partial charge is 0.480 e. The van der Waals surface area contributed by atoms with Gasteiger partial charge in [0.25, 0.3) is 0 Å². The molecule has 0 bridgehead atoms. The van der Waals surface area contributed by atoms with Gasteiger partial charge in [-0.3, -0.25) is 0 Å². The lowest BCUT2D eigenvalue weighted by Gasteiger charge is -2.20. The average Bonchev–Trinajstić information content (AvgIpc) is 2.29. The summed E-state index contributed by atoms with van der Waals surface area (Å²) in [5, 5.41) is 18.5. The second kappa shape index (κ2) is 7.95. The molecule has 0 aliphatic carbocycles. The van der Waals surface area contributed by atoms with Crippen LogP contribution in [0.3, 0.4) is 0 Å². The van der Waals surface area contributed by atoms with Crippen LogP contribution in [-0.4, -0.2) is 43.9 Å². The molecule has 1 unspecified atom stereocenters. The van der Waals surface area contributed by atoms with Gasteiger partial charge in [-0.05, 0) is 12.3 Å². The highest BCUT2D eigenvalue weighted by Gasteiger charge is 2.24. The van der Waals surface area contributed by atoms with E-state index in [1.165, 1.54) is 0 Å². The fraction of sp³-hybridized carbons (Fsp3) is 0.800. The van der Waals surface area contributed by atoms with Gasteiger partial charge in [-0.15, -0.1) is 0 Å². The molecule has 0 saturated heterocycles. The molecule has 0 radical (unpaired) electrons.